The van der Waals surface area contributed by atoms with Gasteiger partial charge in [-0.25, -0.2) is 4.39 Å². The molecule has 1 heterocycles. The van der Waals surface area contributed by atoms with Gasteiger partial charge in [0.15, 0.2) is 5.96 Å². The second kappa shape index (κ2) is 9.56. The molecule has 0 spiro atoms. The zero-order valence-electron chi connectivity index (χ0n) is 15.0. The zero-order valence-corrected chi connectivity index (χ0v) is 17.3. The van der Waals surface area contributed by atoms with Crippen LogP contribution in [0.25, 0.3) is 10.9 Å². The minimum absolute atomic E-state index is 0. The number of hydrogen-bond donors (Lipinski definition) is 3. The first-order chi connectivity index (χ1) is 12.2. The van der Waals surface area contributed by atoms with Crippen molar-refractivity contribution in [2.24, 2.45) is 4.99 Å². The van der Waals surface area contributed by atoms with E-state index in [9.17, 15) is 4.39 Å². The first kappa shape index (κ1) is 20.2. The Labute approximate surface area is 170 Å². The fraction of sp³-hybridized carbons (Fsp3) is 0.250. The van der Waals surface area contributed by atoms with E-state index in [-0.39, 0.29) is 29.8 Å². The molecular weight excluding hydrogens is 442 g/mol. The van der Waals surface area contributed by atoms with E-state index in [1.807, 2.05) is 12.1 Å². The first-order valence-electron chi connectivity index (χ1n) is 8.42. The Hall–Kier alpha value is -2.09. The van der Waals surface area contributed by atoms with Crippen LogP contribution in [-0.2, 0) is 13.0 Å². The van der Waals surface area contributed by atoms with Gasteiger partial charge in [0.05, 0.1) is 0 Å². The van der Waals surface area contributed by atoms with E-state index in [1.165, 1.54) is 17.0 Å². The van der Waals surface area contributed by atoms with Crippen LogP contribution in [0.3, 0.4) is 0 Å². The number of rotatable bonds is 5. The molecule has 0 saturated heterocycles. The Morgan fingerprint density at radius 1 is 1.15 bits per heavy atom. The summed E-state index contributed by atoms with van der Waals surface area (Å²) >= 11 is 0. The van der Waals surface area contributed by atoms with Gasteiger partial charge in [0.1, 0.15) is 5.82 Å². The molecule has 0 radical (unpaired) electrons. The summed E-state index contributed by atoms with van der Waals surface area (Å²) in [5.41, 5.74) is 4.12. The second-order valence-corrected chi connectivity index (χ2v) is 6.05. The summed E-state index contributed by atoms with van der Waals surface area (Å²) in [4.78, 5) is 7.53. The smallest absolute Gasteiger partial charge is 0.191 e. The summed E-state index contributed by atoms with van der Waals surface area (Å²) in [6, 6.07) is 13.4. The lowest BCUT2D eigenvalue weighted by Gasteiger charge is -2.12. The first-order valence-corrected chi connectivity index (χ1v) is 8.42. The SMILES string of the molecule is CN=C(NCCc1c[nH]c2ccccc12)NCc1ccc(F)c(C)c1.I. The maximum absolute atomic E-state index is 13.3. The summed E-state index contributed by atoms with van der Waals surface area (Å²) < 4.78 is 13.3. The molecule has 4 nitrogen and oxygen atoms in total. The van der Waals surface area contributed by atoms with Crippen molar-refractivity contribution in [3.63, 3.8) is 0 Å². The lowest BCUT2D eigenvalue weighted by atomic mass is 10.1. The van der Waals surface area contributed by atoms with Crippen LogP contribution in [0, 0.1) is 12.7 Å². The number of aliphatic imine (C=N–C) groups is 1. The molecule has 3 rings (SSSR count). The summed E-state index contributed by atoms with van der Waals surface area (Å²) in [6.07, 6.45) is 2.96. The van der Waals surface area contributed by atoms with Crippen molar-refractivity contribution < 1.29 is 4.39 Å². The van der Waals surface area contributed by atoms with Crippen LogP contribution < -0.4 is 10.6 Å². The van der Waals surface area contributed by atoms with Gasteiger partial charge in [-0.2, -0.15) is 0 Å². The van der Waals surface area contributed by atoms with E-state index in [4.69, 9.17) is 0 Å². The van der Waals surface area contributed by atoms with Gasteiger partial charge in [0.25, 0.3) is 0 Å². The molecule has 6 heteroatoms. The Bertz CT molecular complexity index is 888. The summed E-state index contributed by atoms with van der Waals surface area (Å²) in [5, 5.41) is 7.84. The molecule has 3 aromatic rings. The molecule has 0 saturated carbocycles. The third-order valence-electron chi connectivity index (χ3n) is 4.27. The van der Waals surface area contributed by atoms with Crippen LogP contribution in [0.2, 0.25) is 0 Å². The number of guanidine groups is 1. The summed E-state index contributed by atoms with van der Waals surface area (Å²) in [6.45, 7) is 3.16. The Balaban J connectivity index is 0.00000243. The number of halogens is 2. The minimum Gasteiger partial charge on any atom is -0.361 e. The highest BCUT2D eigenvalue weighted by atomic mass is 127. The van der Waals surface area contributed by atoms with Crippen molar-refractivity contribution in [3.8, 4) is 0 Å². The predicted octanol–water partition coefficient (Wildman–Crippen LogP) is 4.14. The maximum atomic E-state index is 13.3. The van der Waals surface area contributed by atoms with Gasteiger partial charge in [0.2, 0.25) is 0 Å². The average molecular weight is 466 g/mol. The normalized spacial score (nSPS) is 11.3. The average Bonchev–Trinajstić information content (AvgIpc) is 3.04. The molecule has 0 unspecified atom stereocenters. The molecule has 0 bridgehead atoms. The van der Waals surface area contributed by atoms with Crippen molar-refractivity contribution in [1.29, 1.82) is 0 Å². The molecule has 0 aliphatic heterocycles. The molecule has 1 aromatic heterocycles. The maximum Gasteiger partial charge on any atom is 0.191 e. The van der Waals surface area contributed by atoms with Crippen molar-refractivity contribution in [3.05, 3.63) is 71.2 Å². The van der Waals surface area contributed by atoms with Gasteiger partial charge in [0, 0.05) is 37.2 Å². The molecule has 0 fully saturated rings. The fourth-order valence-corrected chi connectivity index (χ4v) is 2.88. The quantitative estimate of drug-likeness (QED) is 0.301. The predicted molar refractivity (Wildman–Crippen MR) is 117 cm³/mol. The van der Waals surface area contributed by atoms with Crippen molar-refractivity contribution in [1.82, 2.24) is 15.6 Å². The monoisotopic (exact) mass is 466 g/mol. The Kier molecular flexibility index (Phi) is 7.44. The summed E-state index contributed by atoms with van der Waals surface area (Å²) in [5.74, 6) is 0.562. The third kappa shape index (κ3) is 4.97. The molecule has 26 heavy (non-hydrogen) atoms. The Morgan fingerprint density at radius 2 is 1.96 bits per heavy atom. The highest BCUT2D eigenvalue weighted by molar-refractivity contribution is 14.0. The number of fused-ring (bicyclic) bond motifs is 1. The molecule has 0 aliphatic carbocycles. The second-order valence-electron chi connectivity index (χ2n) is 6.05. The number of nitrogens with one attached hydrogen (secondary N) is 3. The number of hydrogen-bond acceptors (Lipinski definition) is 1. The van der Waals surface area contributed by atoms with E-state index in [2.05, 4.69) is 45.0 Å². The highest BCUT2D eigenvalue weighted by Crippen LogP contribution is 2.17. The van der Waals surface area contributed by atoms with Gasteiger partial charge >= 0.3 is 0 Å². The van der Waals surface area contributed by atoms with Gasteiger partial charge < -0.3 is 15.6 Å². The molecular formula is C20H24FIN4. The summed E-state index contributed by atoms with van der Waals surface area (Å²) in [7, 11) is 1.75. The molecule has 0 atom stereocenters. The Morgan fingerprint density at radius 3 is 2.73 bits per heavy atom. The lowest BCUT2D eigenvalue weighted by molar-refractivity contribution is 0.617. The van der Waals surface area contributed by atoms with E-state index >= 15 is 0 Å². The van der Waals surface area contributed by atoms with E-state index < -0.39 is 0 Å². The van der Waals surface area contributed by atoms with Crippen LogP contribution in [0.15, 0.2) is 53.7 Å². The fourth-order valence-electron chi connectivity index (χ4n) is 2.88. The highest BCUT2D eigenvalue weighted by Gasteiger charge is 2.04. The number of aromatic nitrogens is 1. The largest absolute Gasteiger partial charge is 0.361 e. The van der Waals surface area contributed by atoms with E-state index in [1.54, 1.807) is 20.0 Å². The van der Waals surface area contributed by atoms with Gasteiger partial charge in [-0.3, -0.25) is 4.99 Å². The van der Waals surface area contributed by atoms with Crippen LogP contribution in [0.1, 0.15) is 16.7 Å². The standard InChI is InChI=1S/C20H23FN4.HI/c1-14-11-15(7-8-18(14)21)12-25-20(22-2)23-10-9-16-13-24-19-6-4-3-5-17(16)19;/h3-8,11,13,24H,9-10,12H2,1-2H3,(H2,22,23,25);1H. The number of para-hydroxylation sites is 1. The molecule has 0 aliphatic rings. The topological polar surface area (TPSA) is 52.2 Å². The van der Waals surface area contributed by atoms with Gasteiger partial charge in [-0.05, 0) is 42.2 Å². The number of H-pyrrole nitrogens is 1. The van der Waals surface area contributed by atoms with Crippen molar-refractivity contribution in [2.75, 3.05) is 13.6 Å². The van der Waals surface area contributed by atoms with Crippen molar-refractivity contribution in [2.45, 2.75) is 19.9 Å². The number of benzene rings is 2. The van der Waals surface area contributed by atoms with Crippen LogP contribution >= 0.6 is 24.0 Å². The lowest BCUT2D eigenvalue weighted by Crippen LogP contribution is -2.37. The van der Waals surface area contributed by atoms with E-state index in [0.29, 0.717) is 12.1 Å². The van der Waals surface area contributed by atoms with Crippen molar-refractivity contribution >= 4 is 40.8 Å². The van der Waals surface area contributed by atoms with E-state index in [0.717, 1.165) is 30.0 Å². The number of nitrogens with zero attached hydrogens (tertiary/aromatic N) is 1. The van der Waals surface area contributed by atoms with Crippen LogP contribution in [0.5, 0.6) is 0 Å². The van der Waals surface area contributed by atoms with Gasteiger partial charge in [-0.1, -0.05) is 30.3 Å². The van der Waals surface area contributed by atoms with Gasteiger partial charge in [-0.15, -0.1) is 24.0 Å². The number of aromatic amines is 1. The molecule has 2 aromatic carbocycles. The van der Waals surface area contributed by atoms with Crippen LogP contribution in [0.4, 0.5) is 4.39 Å². The molecule has 138 valence electrons. The molecule has 0 amide bonds. The van der Waals surface area contributed by atoms with Crippen LogP contribution in [-0.4, -0.2) is 24.5 Å². The minimum atomic E-state index is -0.176. The molecule has 3 N–H and O–H groups in total. The zero-order chi connectivity index (χ0) is 17.6. The number of aryl methyl sites for hydroxylation is 1. The third-order valence-corrected chi connectivity index (χ3v) is 4.27.